The summed E-state index contributed by atoms with van der Waals surface area (Å²) in [7, 11) is 0. The third-order valence-electron chi connectivity index (χ3n) is 9.81. The van der Waals surface area contributed by atoms with E-state index in [4.69, 9.17) is 9.97 Å². The Morgan fingerprint density at radius 2 is 0.674 bits per heavy atom. The highest BCUT2D eigenvalue weighted by atomic mass is 14.8. The summed E-state index contributed by atoms with van der Waals surface area (Å²) in [6.07, 6.45) is 30.4. The lowest BCUT2D eigenvalue weighted by Crippen LogP contribution is -1.97. The van der Waals surface area contributed by atoms with Crippen molar-refractivity contribution in [2.24, 2.45) is 0 Å². The molecule has 4 heteroatoms. The molecule has 0 amide bonds. The number of aromatic amines is 2. The molecule has 3 aromatic rings. The maximum absolute atomic E-state index is 5.37. The quantitative estimate of drug-likeness (QED) is 0.0960. The highest BCUT2D eigenvalue weighted by molar-refractivity contribution is 5.83. The van der Waals surface area contributed by atoms with Gasteiger partial charge in [0.25, 0.3) is 0 Å². The van der Waals surface area contributed by atoms with Gasteiger partial charge in [0.2, 0.25) is 0 Å². The number of aryl methyl sites for hydroxylation is 3. The molecule has 4 nitrogen and oxygen atoms in total. The van der Waals surface area contributed by atoms with Crippen molar-refractivity contribution >= 4 is 46.4 Å². The minimum Gasteiger partial charge on any atom is -0.355 e. The van der Waals surface area contributed by atoms with E-state index in [0.29, 0.717) is 0 Å². The number of nitrogens with zero attached hydrogens (tertiary/aromatic N) is 2. The first kappa shape index (κ1) is 33.9. The van der Waals surface area contributed by atoms with Crippen LogP contribution >= 0.6 is 0 Å². The van der Waals surface area contributed by atoms with Gasteiger partial charge in [-0.2, -0.15) is 0 Å². The molecule has 2 N–H and O–H groups in total. The van der Waals surface area contributed by atoms with Crippen molar-refractivity contribution in [2.75, 3.05) is 0 Å². The Kier molecular flexibility index (Phi) is 12.9. The van der Waals surface area contributed by atoms with Crippen LogP contribution in [-0.2, 0) is 25.7 Å². The number of aromatic nitrogens is 4. The van der Waals surface area contributed by atoms with Crippen molar-refractivity contribution in [3.63, 3.8) is 0 Å². The molecule has 0 aromatic carbocycles. The van der Waals surface area contributed by atoms with Gasteiger partial charge < -0.3 is 9.97 Å². The Hall–Kier alpha value is -3.40. The van der Waals surface area contributed by atoms with E-state index in [0.717, 1.165) is 54.9 Å². The van der Waals surface area contributed by atoms with Crippen LogP contribution in [0, 0.1) is 0 Å². The lowest BCUT2D eigenvalue weighted by molar-refractivity contribution is 0.667. The Labute approximate surface area is 278 Å². The summed E-state index contributed by atoms with van der Waals surface area (Å²) in [5.41, 5.74) is 14.7. The number of nitrogens with one attached hydrogen (secondary N) is 2. The third-order valence-corrected chi connectivity index (χ3v) is 9.81. The maximum atomic E-state index is 5.37. The normalized spacial score (nSPS) is 12.4. The molecule has 0 spiro atoms. The number of unbranched alkanes of at least 4 members (excludes halogenated alkanes) is 10. The molecule has 5 heterocycles. The summed E-state index contributed by atoms with van der Waals surface area (Å²) in [5.74, 6) is 0. The van der Waals surface area contributed by atoms with Gasteiger partial charge in [0.05, 0.1) is 22.8 Å². The molecular formula is C42H58N4. The van der Waals surface area contributed by atoms with Gasteiger partial charge in [0, 0.05) is 38.8 Å². The molecule has 0 unspecified atom stereocenters. The number of rotatable bonds is 18. The first-order chi connectivity index (χ1) is 22.7. The van der Waals surface area contributed by atoms with E-state index in [2.05, 4.69) is 86.2 Å². The number of fused-ring (bicyclic) bond motifs is 8. The van der Waals surface area contributed by atoms with Gasteiger partial charge in [0.15, 0.2) is 0 Å². The molecule has 3 aromatic heterocycles. The summed E-state index contributed by atoms with van der Waals surface area (Å²) < 4.78 is 0. The van der Waals surface area contributed by atoms with Crippen LogP contribution in [0.2, 0.25) is 0 Å². The SMILES string of the molecule is CCCCCCc1c2nc(c(CCCCC)c3nc(c(CCCCCC)c4ccc([nH]4)c(CCCCC)c4ccc1[nH]4)C=C3)C=C2. The Balaban J connectivity index is 1.78. The monoisotopic (exact) mass is 618 g/mol. The van der Waals surface area contributed by atoms with Crippen LogP contribution in [0.3, 0.4) is 0 Å². The summed E-state index contributed by atoms with van der Waals surface area (Å²) in [6, 6.07) is 9.24. The minimum atomic E-state index is 1.01. The van der Waals surface area contributed by atoms with E-state index in [1.54, 1.807) is 0 Å². The van der Waals surface area contributed by atoms with Crippen LogP contribution in [0.15, 0.2) is 24.3 Å². The van der Waals surface area contributed by atoms with Crippen molar-refractivity contribution in [1.29, 1.82) is 0 Å². The molecule has 0 radical (unpaired) electrons. The number of hydrogen-bond donors (Lipinski definition) is 2. The molecule has 2 aliphatic rings. The fourth-order valence-corrected chi connectivity index (χ4v) is 7.05. The van der Waals surface area contributed by atoms with Gasteiger partial charge in [-0.3, -0.25) is 0 Å². The van der Waals surface area contributed by atoms with Crippen molar-refractivity contribution in [3.05, 3.63) is 69.3 Å². The van der Waals surface area contributed by atoms with Gasteiger partial charge in [-0.1, -0.05) is 91.9 Å². The first-order valence-corrected chi connectivity index (χ1v) is 18.8. The summed E-state index contributed by atoms with van der Waals surface area (Å²) in [4.78, 5) is 18.6. The molecule has 8 bridgehead atoms. The van der Waals surface area contributed by atoms with Crippen molar-refractivity contribution in [2.45, 2.75) is 143 Å². The summed E-state index contributed by atoms with van der Waals surface area (Å²) in [5, 5.41) is 0. The van der Waals surface area contributed by atoms with Gasteiger partial charge in [-0.15, -0.1) is 0 Å². The fourth-order valence-electron chi connectivity index (χ4n) is 7.05. The highest BCUT2D eigenvalue weighted by Crippen LogP contribution is 2.30. The van der Waals surface area contributed by atoms with Gasteiger partial charge in [-0.05, 0) is 105 Å². The number of hydrogen-bond acceptors (Lipinski definition) is 2. The standard InChI is InChI=1S/C42H58N4/c1-5-9-13-17-21-33-39-27-23-35(43-39)31(19-15-11-7-3)37-25-29-41(45-37)34(22-18-14-10-6-2)42-30-26-38(46-42)32(20-16-12-8-4)36-24-28-40(33)44-36/h23-30,43,45H,5-22H2,1-4H3. The zero-order chi connectivity index (χ0) is 32.1. The molecular weight excluding hydrogens is 560 g/mol. The Morgan fingerprint density at radius 1 is 0.370 bits per heavy atom. The zero-order valence-corrected chi connectivity index (χ0v) is 29.2. The van der Waals surface area contributed by atoms with Crippen LogP contribution in [-0.4, -0.2) is 19.9 Å². The molecule has 2 aliphatic heterocycles. The zero-order valence-electron chi connectivity index (χ0n) is 29.2. The fraction of sp³-hybridized carbons (Fsp3) is 0.524. The topological polar surface area (TPSA) is 57.4 Å². The second-order valence-corrected chi connectivity index (χ2v) is 13.5. The van der Waals surface area contributed by atoms with Crippen molar-refractivity contribution < 1.29 is 0 Å². The van der Waals surface area contributed by atoms with Crippen LogP contribution in [0.1, 0.15) is 163 Å². The third kappa shape index (κ3) is 8.49. The average Bonchev–Trinajstić information content (AvgIpc) is 3.90. The average molecular weight is 619 g/mol. The van der Waals surface area contributed by atoms with Crippen molar-refractivity contribution in [1.82, 2.24) is 19.9 Å². The Bertz CT molecular complexity index is 1540. The molecule has 0 saturated heterocycles. The van der Waals surface area contributed by atoms with Crippen LogP contribution in [0.5, 0.6) is 0 Å². The van der Waals surface area contributed by atoms with E-state index in [1.165, 1.54) is 128 Å². The smallest absolute Gasteiger partial charge is 0.0691 e. The summed E-state index contributed by atoms with van der Waals surface area (Å²) >= 11 is 0. The predicted octanol–water partition coefficient (Wildman–Crippen LogP) is 12.4. The first-order valence-electron chi connectivity index (χ1n) is 18.8. The molecule has 246 valence electrons. The molecule has 46 heavy (non-hydrogen) atoms. The second-order valence-electron chi connectivity index (χ2n) is 13.5. The maximum Gasteiger partial charge on any atom is 0.0691 e. The lowest BCUT2D eigenvalue weighted by atomic mass is 10.0. The largest absolute Gasteiger partial charge is 0.355 e. The lowest BCUT2D eigenvalue weighted by Gasteiger charge is -2.06. The highest BCUT2D eigenvalue weighted by Gasteiger charge is 2.17. The van der Waals surface area contributed by atoms with Gasteiger partial charge in [-0.25, -0.2) is 9.97 Å². The molecule has 0 fully saturated rings. The molecule has 5 rings (SSSR count). The van der Waals surface area contributed by atoms with Crippen LogP contribution in [0.25, 0.3) is 46.4 Å². The molecule has 0 saturated carbocycles. The predicted molar refractivity (Wildman–Crippen MR) is 201 cm³/mol. The molecule has 0 atom stereocenters. The van der Waals surface area contributed by atoms with Crippen LogP contribution in [0.4, 0.5) is 0 Å². The minimum absolute atomic E-state index is 1.01. The van der Waals surface area contributed by atoms with E-state index in [9.17, 15) is 0 Å². The summed E-state index contributed by atoms with van der Waals surface area (Å²) in [6.45, 7) is 9.14. The second kappa shape index (κ2) is 17.5. The van der Waals surface area contributed by atoms with E-state index >= 15 is 0 Å². The Morgan fingerprint density at radius 3 is 1.09 bits per heavy atom. The van der Waals surface area contributed by atoms with Gasteiger partial charge >= 0.3 is 0 Å². The molecule has 0 aliphatic carbocycles. The van der Waals surface area contributed by atoms with E-state index < -0.39 is 0 Å². The number of H-pyrrole nitrogens is 2. The van der Waals surface area contributed by atoms with Crippen LogP contribution < -0.4 is 0 Å². The van der Waals surface area contributed by atoms with Gasteiger partial charge in [0.1, 0.15) is 0 Å². The van der Waals surface area contributed by atoms with Crippen molar-refractivity contribution in [3.8, 4) is 0 Å². The van der Waals surface area contributed by atoms with E-state index in [1.807, 2.05) is 0 Å². The van der Waals surface area contributed by atoms with E-state index in [-0.39, 0.29) is 0 Å².